The van der Waals surface area contributed by atoms with Gasteiger partial charge in [0.15, 0.2) is 0 Å². The maximum absolute atomic E-state index is 8.91. The van der Waals surface area contributed by atoms with Gasteiger partial charge in [0.1, 0.15) is 18.9 Å². The fourth-order valence-electron chi connectivity index (χ4n) is 3.62. The molecule has 1 aromatic rings. The molecule has 0 unspecified atom stereocenters. The average molecular weight is 381 g/mol. The van der Waals surface area contributed by atoms with Crippen molar-refractivity contribution < 1.29 is 20.3 Å². The van der Waals surface area contributed by atoms with Gasteiger partial charge in [0.25, 0.3) is 0 Å². The molecule has 0 heterocycles. The maximum atomic E-state index is 8.91. The van der Waals surface area contributed by atoms with Crippen molar-refractivity contribution in [3.63, 3.8) is 0 Å². The molecule has 4 nitrogen and oxygen atoms in total. The molecule has 0 aliphatic heterocycles. The van der Waals surface area contributed by atoms with Gasteiger partial charge in [-0.1, -0.05) is 44.9 Å². The number of benzene rings is 1. The highest BCUT2D eigenvalue weighted by Crippen LogP contribution is 2.24. The molecule has 0 fully saturated rings. The molecule has 0 spiro atoms. The number of hydrogen-bond acceptors (Lipinski definition) is 3. The molecule has 0 amide bonds. The van der Waals surface area contributed by atoms with E-state index >= 15 is 0 Å². The minimum Gasteiger partial charge on any atom is -0.491 e. The van der Waals surface area contributed by atoms with Crippen LogP contribution in [0.15, 0.2) is 12.1 Å². The molecule has 0 radical (unpaired) electrons. The number of ether oxygens (including phenoxy) is 1. The molecule has 4 N–H and O–H groups in total. The van der Waals surface area contributed by atoms with Gasteiger partial charge < -0.3 is 20.3 Å². The van der Waals surface area contributed by atoms with Gasteiger partial charge in [0, 0.05) is 12.2 Å². The number of nitrogens with two attached hydrogens (primary N) is 1. The summed E-state index contributed by atoms with van der Waals surface area (Å²) in [6.07, 6.45) is 12.9. The summed E-state index contributed by atoms with van der Waals surface area (Å²) < 4.78 is 5.62. The first kappa shape index (κ1) is 23.9. The van der Waals surface area contributed by atoms with E-state index in [0.29, 0.717) is 13.2 Å². The van der Waals surface area contributed by atoms with Crippen LogP contribution in [0.5, 0.6) is 5.75 Å². The smallest absolute Gasteiger partial charge is 0.125 e. The fraction of sp³-hybridized carbons (Fsp3) is 0.739. The van der Waals surface area contributed by atoms with Crippen LogP contribution in [-0.2, 0) is 6.54 Å². The molecule has 27 heavy (non-hydrogen) atoms. The van der Waals surface area contributed by atoms with E-state index in [4.69, 9.17) is 14.9 Å². The van der Waals surface area contributed by atoms with Crippen molar-refractivity contribution in [3.05, 3.63) is 28.8 Å². The Bertz CT molecular complexity index is 468. The van der Waals surface area contributed by atoms with Crippen molar-refractivity contribution in [3.8, 4) is 5.75 Å². The Morgan fingerprint density at radius 2 is 1.26 bits per heavy atom. The van der Waals surface area contributed by atoms with Crippen LogP contribution >= 0.6 is 0 Å². The van der Waals surface area contributed by atoms with Crippen molar-refractivity contribution in [2.24, 2.45) is 0 Å². The summed E-state index contributed by atoms with van der Waals surface area (Å²) in [6.45, 7) is 7.14. The first-order valence-corrected chi connectivity index (χ1v) is 11.0. The highest BCUT2D eigenvalue weighted by Gasteiger charge is 2.07. The molecule has 0 aliphatic carbocycles. The summed E-state index contributed by atoms with van der Waals surface area (Å²) in [5.74, 6) is 0.918. The van der Waals surface area contributed by atoms with Gasteiger partial charge in [-0.15, -0.1) is 0 Å². The van der Waals surface area contributed by atoms with E-state index in [-0.39, 0.29) is 6.61 Å². The molecular formula is C23H42NO3+. The third-order valence-corrected chi connectivity index (χ3v) is 5.05. The molecule has 4 heteroatoms. The summed E-state index contributed by atoms with van der Waals surface area (Å²) in [4.78, 5) is 0. The first-order valence-electron chi connectivity index (χ1n) is 11.0. The van der Waals surface area contributed by atoms with E-state index < -0.39 is 0 Å². The summed E-state index contributed by atoms with van der Waals surface area (Å²) in [6, 6.07) is 4.41. The number of quaternary nitrogens is 1. The van der Waals surface area contributed by atoms with Gasteiger partial charge in [-0.25, -0.2) is 0 Å². The lowest BCUT2D eigenvalue weighted by atomic mass is 10.1. The summed E-state index contributed by atoms with van der Waals surface area (Å²) in [5, 5.41) is 20.1. The predicted octanol–water partition coefficient (Wildman–Crippen LogP) is 3.63. The standard InChI is InChI=1S/C23H41NO3/c1-20-17-22(18-21(2)23(20)27-16-15-26)19-24-13-11-9-7-5-3-4-6-8-10-12-14-25/h17-18,24-26H,3-16,19H2,1-2H3/p+1. The Labute approximate surface area is 166 Å². The third-order valence-electron chi connectivity index (χ3n) is 5.05. The molecule has 1 aromatic carbocycles. The second-order valence-corrected chi connectivity index (χ2v) is 7.67. The number of hydrogen-bond donors (Lipinski definition) is 3. The molecule has 156 valence electrons. The van der Waals surface area contributed by atoms with Crippen molar-refractivity contribution in [2.75, 3.05) is 26.4 Å². The largest absolute Gasteiger partial charge is 0.491 e. The Morgan fingerprint density at radius 3 is 1.78 bits per heavy atom. The number of aliphatic hydroxyl groups is 2. The lowest BCUT2D eigenvalue weighted by Crippen LogP contribution is -2.82. The van der Waals surface area contributed by atoms with E-state index in [1.54, 1.807) is 0 Å². The zero-order valence-corrected chi connectivity index (χ0v) is 17.6. The van der Waals surface area contributed by atoms with Crippen LogP contribution in [0, 0.1) is 13.8 Å². The summed E-state index contributed by atoms with van der Waals surface area (Å²) in [5.41, 5.74) is 3.66. The van der Waals surface area contributed by atoms with Crippen LogP contribution < -0.4 is 10.1 Å². The van der Waals surface area contributed by atoms with Gasteiger partial charge in [-0.05, 0) is 56.4 Å². The molecule has 0 bridgehead atoms. The van der Waals surface area contributed by atoms with Crippen molar-refractivity contribution in [1.29, 1.82) is 0 Å². The predicted molar refractivity (Wildman–Crippen MR) is 112 cm³/mol. The van der Waals surface area contributed by atoms with Gasteiger partial charge in [0.05, 0.1) is 13.2 Å². The van der Waals surface area contributed by atoms with Gasteiger partial charge in [0.2, 0.25) is 0 Å². The first-order chi connectivity index (χ1) is 13.2. The second kappa shape index (κ2) is 15.9. The Hall–Kier alpha value is -1.10. The van der Waals surface area contributed by atoms with E-state index in [1.807, 2.05) is 0 Å². The van der Waals surface area contributed by atoms with E-state index in [0.717, 1.165) is 29.8 Å². The van der Waals surface area contributed by atoms with Crippen LogP contribution in [0.3, 0.4) is 0 Å². The molecule has 0 saturated heterocycles. The van der Waals surface area contributed by atoms with E-state index in [1.165, 1.54) is 69.9 Å². The van der Waals surface area contributed by atoms with E-state index in [2.05, 4.69) is 31.3 Å². The molecule has 0 aromatic heterocycles. The van der Waals surface area contributed by atoms with Crippen LogP contribution in [-0.4, -0.2) is 36.6 Å². The number of unbranched alkanes of at least 4 members (excludes halogenated alkanes) is 9. The Kier molecular flexibility index (Phi) is 14.1. The lowest BCUT2D eigenvalue weighted by molar-refractivity contribution is -0.671. The highest BCUT2D eigenvalue weighted by molar-refractivity contribution is 5.43. The van der Waals surface area contributed by atoms with E-state index in [9.17, 15) is 0 Å². The number of aliphatic hydroxyl groups excluding tert-OH is 2. The van der Waals surface area contributed by atoms with Crippen LogP contribution in [0.2, 0.25) is 0 Å². The minimum atomic E-state index is 0.0546. The monoisotopic (exact) mass is 380 g/mol. The van der Waals surface area contributed by atoms with Crippen LogP contribution in [0.25, 0.3) is 0 Å². The molecule has 0 atom stereocenters. The number of rotatable bonds is 17. The normalized spacial score (nSPS) is 11.1. The molecule has 0 aliphatic rings. The van der Waals surface area contributed by atoms with Crippen LogP contribution in [0.4, 0.5) is 0 Å². The van der Waals surface area contributed by atoms with Crippen molar-refractivity contribution >= 4 is 0 Å². The summed E-state index contributed by atoms with van der Waals surface area (Å²) >= 11 is 0. The van der Waals surface area contributed by atoms with Crippen molar-refractivity contribution in [2.45, 2.75) is 84.6 Å². The SMILES string of the molecule is Cc1cc(C[NH2+]CCCCCCCCCCCCO)cc(C)c1OCCO. The van der Waals surface area contributed by atoms with Crippen molar-refractivity contribution in [1.82, 2.24) is 0 Å². The average Bonchev–Trinajstić information content (AvgIpc) is 2.65. The topological polar surface area (TPSA) is 66.3 Å². The molecule has 1 rings (SSSR count). The highest BCUT2D eigenvalue weighted by atomic mass is 16.5. The fourth-order valence-corrected chi connectivity index (χ4v) is 3.62. The van der Waals surface area contributed by atoms with Gasteiger partial charge in [-0.3, -0.25) is 0 Å². The Balaban J connectivity index is 2.03. The quantitative estimate of drug-likeness (QED) is 0.362. The zero-order chi connectivity index (χ0) is 19.7. The van der Waals surface area contributed by atoms with Gasteiger partial charge >= 0.3 is 0 Å². The number of aryl methyl sites for hydroxylation is 2. The maximum Gasteiger partial charge on any atom is 0.125 e. The lowest BCUT2D eigenvalue weighted by Gasteiger charge is -2.13. The summed E-state index contributed by atoms with van der Waals surface area (Å²) in [7, 11) is 0. The van der Waals surface area contributed by atoms with Gasteiger partial charge in [-0.2, -0.15) is 0 Å². The molecular weight excluding hydrogens is 338 g/mol. The second-order valence-electron chi connectivity index (χ2n) is 7.67. The third kappa shape index (κ3) is 11.4. The van der Waals surface area contributed by atoms with Crippen LogP contribution in [0.1, 0.15) is 80.9 Å². The Morgan fingerprint density at radius 1 is 0.741 bits per heavy atom. The zero-order valence-electron chi connectivity index (χ0n) is 17.6. The molecule has 0 saturated carbocycles. The minimum absolute atomic E-state index is 0.0546.